The largest absolute Gasteiger partial charge is 0.333 e. The lowest BCUT2D eigenvalue weighted by Crippen LogP contribution is -2.22. The lowest BCUT2D eigenvalue weighted by atomic mass is 10.3. The molecule has 0 radical (unpaired) electrons. The minimum Gasteiger partial charge on any atom is -0.333 e. The molecular formula is C20H17ClN6O3S2. The fraction of sp³-hybridized carbons (Fsp3) is 0.100. The number of fused-ring (bicyclic) bond motifs is 1. The van der Waals surface area contributed by atoms with Gasteiger partial charge in [0, 0.05) is 5.69 Å². The molecule has 4 aromatic rings. The molecule has 9 nitrogen and oxygen atoms in total. The van der Waals surface area contributed by atoms with Gasteiger partial charge in [-0.3, -0.25) is 9.52 Å². The first kappa shape index (κ1) is 22.1. The van der Waals surface area contributed by atoms with Crippen LogP contribution in [0.5, 0.6) is 0 Å². The zero-order chi connectivity index (χ0) is 22.7. The van der Waals surface area contributed by atoms with E-state index in [4.69, 9.17) is 11.6 Å². The van der Waals surface area contributed by atoms with Crippen molar-refractivity contribution in [3.63, 3.8) is 0 Å². The highest BCUT2D eigenvalue weighted by atomic mass is 35.5. The summed E-state index contributed by atoms with van der Waals surface area (Å²) in [6.07, 6.45) is 0. The van der Waals surface area contributed by atoms with Crippen molar-refractivity contribution in [2.45, 2.75) is 22.2 Å². The Morgan fingerprint density at radius 1 is 1.06 bits per heavy atom. The Labute approximate surface area is 193 Å². The number of carbonyl (C=O) groups excluding carboxylic acids is 1. The van der Waals surface area contributed by atoms with E-state index in [0.29, 0.717) is 10.8 Å². The van der Waals surface area contributed by atoms with E-state index in [0.717, 1.165) is 11.0 Å². The summed E-state index contributed by atoms with van der Waals surface area (Å²) in [5.74, 6) is -0.191. The summed E-state index contributed by atoms with van der Waals surface area (Å²) in [6.45, 7) is 1.77. The van der Waals surface area contributed by atoms with E-state index in [9.17, 15) is 13.2 Å². The van der Waals surface area contributed by atoms with Crippen LogP contribution in [0.25, 0.3) is 11.0 Å². The molecule has 2 heterocycles. The van der Waals surface area contributed by atoms with Crippen molar-refractivity contribution < 1.29 is 13.2 Å². The van der Waals surface area contributed by atoms with Gasteiger partial charge < -0.3 is 10.3 Å². The van der Waals surface area contributed by atoms with Gasteiger partial charge in [0.2, 0.25) is 5.91 Å². The standard InChI is InChI=1S/C20H17ClN6O3S2/c1-12(31-20-23-15-4-2-3-5-16(15)24-20)19(28)22-13-6-8-14(9-7-13)32(29,30)27-18-11-10-17(21)25-26-18/h2-12H,1H3,(H,22,28)(H,23,24)(H,26,27). The van der Waals surface area contributed by atoms with Crippen LogP contribution < -0.4 is 10.0 Å². The van der Waals surface area contributed by atoms with Gasteiger partial charge in [-0.2, -0.15) is 0 Å². The molecule has 0 saturated carbocycles. The number of benzene rings is 2. The number of nitrogens with one attached hydrogen (secondary N) is 3. The molecule has 3 N–H and O–H groups in total. The average Bonchev–Trinajstić information content (AvgIpc) is 3.18. The number of hydrogen-bond acceptors (Lipinski definition) is 7. The molecule has 2 aromatic heterocycles. The summed E-state index contributed by atoms with van der Waals surface area (Å²) in [4.78, 5) is 20.2. The number of sulfonamides is 1. The predicted octanol–water partition coefficient (Wildman–Crippen LogP) is 3.93. The Hall–Kier alpha value is -3.15. The number of anilines is 2. The number of nitrogens with zero attached hydrogens (tertiary/aromatic N) is 3. The van der Waals surface area contributed by atoms with Crippen LogP contribution in [-0.4, -0.2) is 39.7 Å². The van der Waals surface area contributed by atoms with Gasteiger partial charge >= 0.3 is 0 Å². The molecule has 164 valence electrons. The van der Waals surface area contributed by atoms with Crippen LogP contribution in [0.4, 0.5) is 11.5 Å². The first-order valence-corrected chi connectivity index (χ1v) is 12.1. The zero-order valence-corrected chi connectivity index (χ0v) is 19.0. The molecule has 0 spiro atoms. The summed E-state index contributed by atoms with van der Waals surface area (Å²) in [5, 5.41) is 10.4. The Morgan fingerprint density at radius 2 is 1.81 bits per heavy atom. The maximum absolute atomic E-state index is 12.6. The molecule has 1 atom stereocenters. The summed E-state index contributed by atoms with van der Waals surface area (Å²) in [5.41, 5.74) is 2.20. The molecule has 4 rings (SSSR count). The first-order valence-electron chi connectivity index (χ1n) is 9.34. The number of para-hydroxylation sites is 2. The van der Waals surface area contributed by atoms with E-state index in [1.807, 2.05) is 24.3 Å². The Morgan fingerprint density at radius 3 is 2.50 bits per heavy atom. The van der Waals surface area contributed by atoms with Crippen LogP contribution in [-0.2, 0) is 14.8 Å². The van der Waals surface area contributed by atoms with E-state index in [1.165, 1.54) is 48.2 Å². The minimum absolute atomic E-state index is 0.0111. The monoisotopic (exact) mass is 488 g/mol. The number of amides is 1. The molecule has 0 fully saturated rings. The number of rotatable bonds is 7. The average molecular weight is 489 g/mol. The molecule has 32 heavy (non-hydrogen) atoms. The number of hydrogen-bond donors (Lipinski definition) is 3. The van der Waals surface area contributed by atoms with Crippen LogP contribution in [0.1, 0.15) is 6.92 Å². The van der Waals surface area contributed by atoms with E-state index in [1.54, 1.807) is 6.92 Å². The number of aromatic amines is 1. The molecule has 0 aliphatic carbocycles. The van der Waals surface area contributed by atoms with Crippen molar-refractivity contribution in [3.8, 4) is 0 Å². The van der Waals surface area contributed by atoms with Crippen molar-refractivity contribution in [2.24, 2.45) is 0 Å². The van der Waals surface area contributed by atoms with Gasteiger partial charge in [-0.15, -0.1) is 10.2 Å². The lowest BCUT2D eigenvalue weighted by Gasteiger charge is -2.11. The Kier molecular flexibility index (Phi) is 6.31. The number of aromatic nitrogens is 4. The Bertz CT molecular complexity index is 1330. The molecule has 0 aliphatic heterocycles. The van der Waals surface area contributed by atoms with Gasteiger partial charge in [0.05, 0.1) is 21.2 Å². The SMILES string of the molecule is CC(Sc1nc2ccccc2[nH]1)C(=O)Nc1ccc(S(=O)(=O)Nc2ccc(Cl)nn2)cc1. The molecule has 0 saturated heterocycles. The zero-order valence-electron chi connectivity index (χ0n) is 16.6. The van der Waals surface area contributed by atoms with E-state index < -0.39 is 15.3 Å². The number of thioether (sulfide) groups is 1. The lowest BCUT2D eigenvalue weighted by molar-refractivity contribution is -0.115. The van der Waals surface area contributed by atoms with Crippen molar-refractivity contribution in [3.05, 3.63) is 65.8 Å². The van der Waals surface area contributed by atoms with Crippen molar-refractivity contribution in [2.75, 3.05) is 10.0 Å². The minimum atomic E-state index is -3.87. The van der Waals surface area contributed by atoms with Crippen LogP contribution in [0.15, 0.2) is 70.7 Å². The molecule has 12 heteroatoms. The van der Waals surface area contributed by atoms with Crippen LogP contribution in [0.3, 0.4) is 0 Å². The summed E-state index contributed by atoms with van der Waals surface area (Å²) in [6, 6.07) is 16.3. The maximum Gasteiger partial charge on any atom is 0.263 e. The molecule has 0 bridgehead atoms. The molecule has 1 amide bonds. The number of halogens is 1. The number of imidazole rings is 1. The number of H-pyrrole nitrogens is 1. The van der Waals surface area contributed by atoms with Gasteiger partial charge in [-0.05, 0) is 55.5 Å². The van der Waals surface area contributed by atoms with Crippen molar-refractivity contribution in [1.82, 2.24) is 20.2 Å². The third kappa shape index (κ3) is 5.18. The Balaban J connectivity index is 1.38. The fourth-order valence-electron chi connectivity index (χ4n) is 2.73. The maximum atomic E-state index is 12.6. The smallest absolute Gasteiger partial charge is 0.263 e. The van der Waals surface area contributed by atoms with Crippen LogP contribution in [0.2, 0.25) is 5.15 Å². The summed E-state index contributed by atoms with van der Waals surface area (Å²) < 4.78 is 27.3. The van der Waals surface area contributed by atoms with Crippen molar-refractivity contribution in [1.29, 1.82) is 0 Å². The number of carbonyl (C=O) groups is 1. The van der Waals surface area contributed by atoms with E-state index >= 15 is 0 Å². The molecule has 2 aromatic carbocycles. The second-order valence-electron chi connectivity index (χ2n) is 6.68. The third-order valence-electron chi connectivity index (χ3n) is 4.33. The molecule has 1 unspecified atom stereocenters. The second kappa shape index (κ2) is 9.15. The summed E-state index contributed by atoms with van der Waals surface area (Å²) >= 11 is 6.95. The van der Waals surface area contributed by atoms with Crippen LogP contribution in [0, 0.1) is 0 Å². The van der Waals surface area contributed by atoms with Crippen LogP contribution >= 0.6 is 23.4 Å². The first-order chi connectivity index (χ1) is 15.3. The highest BCUT2D eigenvalue weighted by Crippen LogP contribution is 2.25. The third-order valence-corrected chi connectivity index (χ3v) is 6.88. The van der Waals surface area contributed by atoms with Crippen molar-refractivity contribution >= 4 is 61.8 Å². The van der Waals surface area contributed by atoms with Gasteiger partial charge in [-0.25, -0.2) is 13.4 Å². The summed E-state index contributed by atoms with van der Waals surface area (Å²) in [7, 11) is -3.87. The topological polar surface area (TPSA) is 130 Å². The normalized spacial score (nSPS) is 12.4. The highest BCUT2D eigenvalue weighted by molar-refractivity contribution is 8.00. The highest BCUT2D eigenvalue weighted by Gasteiger charge is 2.18. The predicted molar refractivity (Wildman–Crippen MR) is 124 cm³/mol. The second-order valence-corrected chi connectivity index (χ2v) is 10.1. The van der Waals surface area contributed by atoms with Gasteiger partial charge in [0.25, 0.3) is 10.0 Å². The van der Waals surface area contributed by atoms with Gasteiger partial charge in [0.15, 0.2) is 16.1 Å². The molecular weight excluding hydrogens is 472 g/mol. The fourth-order valence-corrected chi connectivity index (χ4v) is 4.65. The van der Waals surface area contributed by atoms with E-state index in [-0.39, 0.29) is 21.8 Å². The van der Waals surface area contributed by atoms with Gasteiger partial charge in [0.1, 0.15) is 0 Å². The van der Waals surface area contributed by atoms with Gasteiger partial charge in [-0.1, -0.05) is 35.5 Å². The molecule has 0 aliphatic rings. The quantitative estimate of drug-likeness (QED) is 0.336. The van der Waals surface area contributed by atoms with E-state index in [2.05, 4.69) is 30.2 Å².